The molecule has 32 nitrogen and oxygen atoms in total. The number of ketones is 1. The largest absolute Gasteiger partial charge is 0.465 e. The van der Waals surface area contributed by atoms with Crippen LogP contribution in [-0.2, 0) is 143 Å². The summed E-state index contributed by atoms with van der Waals surface area (Å²) in [5.41, 5.74) is -10.6. The Bertz CT molecular complexity index is 3430. The topological polar surface area (TPSA) is 408 Å². The van der Waals surface area contributed by atoms with Gasteiger partial charge in [0, 0.05) is 74.1 Å². The van der Waals surface area contributed by atoms with Gasteiger partial charge in [0.15, 0.2) is 19.0 Å². The van der Waals surface area contributed by atoms with Gasteiger partial charge < -0.3 is 76.4 Å². The summed E-state index contributed by atoms with van der Waals surface area (Å²) < 4.78 is 206. The first-order chi connectivity index (χ1) is 57.6. The smallest absolute Gasteiger partial charge is 0.453 e. The van der Waals surface area contributed by atoms with Crippen molar-refractivity contribution in [2.45, 2.75) is 143 Å². The van der Waals surface area contributed by atoms with Gasteiger partial charge in [0.05, 0.1) is 60.9 Å². The number of halogens is 8. The molecule has 2 fully saturated rings. The van der Waals surface area contributed by atoms with E-state index < -0.39 is 288 Å². The van der Waals surface area contributed by atoms with Crippen molar-refractivity contribution >= 4 is 83.5 Å². The molecule has 0 saturated heterocycles. The van der Waals surface area contributed by atoms with Crippen LogP contribution >= 0.6 is 0 Å². The number of rotatable bonds is 61. The molecule has 4 atom stereocenters. The predicted molar refractivity (Wildman–Crippen MR) is 417 cm³/mol. The highest BCUT2D eigenvalue weighted by molar-refractivity contribution is 5.89. The molecular weight excluding hydrogens is 1670 g/mol. The maximum atomic E-state index is 15.1. The fourth-order valence-electron chi connectivity index (χ4n) is 14.2. The molecule has 0 radical (unpaired) electrons. The van der Waals surface area contributed by atoms with Crippen molar-refractivity contribution in [2.24, 2.45) is 55.2 Å². The van der Waals surface area contributed by atoms with Crippen molar-refractivity contribution in [3.05, 3.63) is 127 Å². The van der Waals surface area contributed by atoms with E-state index in [-0.39, 0.29) is 57.9 Å². The number of alkyl carbamates (subject to hydrolysis) is 1. The Morgan fingerprint density at radius 1 is 0.323 bits per heavy atom. The van der Waals surface area contributed by atoms with Crippen molar-refractivity contribution in [3.8, 4) is 0 Å². The van der Waals surface area contributed by atoms with Crippen molar-refractivity contribution in [3.63, 3.8) is 0 Å². The number of carbonyl (C=O) groups excluding carboxylic acids is 14. The van der Waals surface area contributed by atoms with Gasteiger partial charge in [-0.25, -0.2) is 57.4 Å². The maximum absolute atomic E-state index is 15.1. The van der Waals surface area contributed by atoms with Crippen LogP contribution in [0.4, 0.5) is 39.9 Å². The van der Waals surface area contributed by atoms with E-state index in [1.54, 1.807) is 27.7 Å². The molecule has 0 heterocycles. The van der Waals surface area contributed by atoms with Gasteiger partial charge in [-0.2, -0.15) is 35.1 Å². The van der Waals surface area contributed by atoms with Crippen LogP contribution in [0.15, 0.2) is 127 Å². The van der Waals surface area contributed by atoms with Gasteiger partial charge in [0.2, 0.25) is 0 Å². The van der Waals surface area contributed by atoms with Gasteiger partial charge in [0.25, 0.3) is 0 Å². The fraction of sp³-hybridized carbons (Fsp3) is 0.595. The number of nitrogens with one attached hydrogen (secondary N) is 1. The van der Waals surface area contributed by atoms with E-state index in [4.69, 9.17) is 61.6 Å². The molecule has 2 rings (SSSR count). The van der Waals surface area contributed by atoms with E-state index in [0.717, 1.165) is 60.8 Å². The molecular formula is C84H111F8NO31. The molecule has 0 aromatic carbocycles. The van der Waals surface area contributed by atoms with Gasteiger partial charge in [0.1, 0.15) is 72.7 Å². The summed E-state index contributed by atoms with van der Waals surface area (Å²) in [7, 11) is 0. The number of alkyl halides is 8. The third-order valence-electron chi connectivity index (χ3n) is 19.2. The lowest BCUT2D eigenvalue weighted by atomic mass is 9.59. The number of carbonyl (C=O) groups is 14. The summed E-state index contributed by atoms with van der Waals surface area (Å²) in [5, 5.41) is 2.55. The van der Waals surface area contributed by atoms with E-state index in [0.29, 0.717) is 12.8 Å². The number of hydrogen-bond acceptors (Lipinski definition) is 31. The molecule has 124 heavy (non-hydrogen) atoms. The van der Waals surface area contributed by atoms with Crippen LogP contribution in [0.5, 0.6) is 0 Å². The first-order valence-electron chi connectivity index (χ1n) is 38.3. The van der Waals surface area contributed by atoms with Crippen LogP contribution in [0.2, 0.25) is 0 Å². The number of ether oxygens (including phenoxy) is 17. The summed E-state index contributed by atoms with van der Waals surface area (Å²) >= 11 is 0. The molecule has 4 unspecified atom stereocenters. The zero-order valence-electron chi connectivity index (χ0n) is 70.4. The van der Waals surface area contributed by atoms with Crippen molar-refractivity contribution in [1.29, 1.82) is 0 Å². The summed E-state index contributed by atoms with van der Waals surface area (Å²) in [4.78, 5) is 177. The summed E-state index contributed by atoms with van der Waals surface area (Å²) in [6.45, 7) is 28.6. The maximum Gasteiger partial charge on any atom is 0.453 e. The second kappa shape index (κ2) is 49.7. The fourth-order valence-corrected chi connectivity index (χ4v) is 14.2. The van der Waals surface area contributed by atoms with Gasteiger partial charge >= 0.3 is 102 Å². The van der Waals surface area contributed by atoms with Crippen molar-refractivity contribution < 1.29 is 183 Å². The van der Waals surface area contributed by atoms with Crippen LogP contribution in [0, 0.1) is 55.2 Å². The Morgan fingerprint density at radius 2 is 0.589 bits per heavy atom. The minimum Gasteiger partial charge on any atom is -0.465 e. The normalized spacial score (nSPS) is 17.7. The van der Waals surface area contributed by atoms with E-state index in [2.05, 4.69) is 90.1 Å². The standard InChI is InChI=1S/C84H111F8NO31/c1-17-59(94)29-30-77(44-110-60(95)18-2,45-111-61(96)19-3)40-108-43-80(51-117-67(102)25-9,52-118-68(103)26-10)54-122-72(107)93-37-58-32-74(13,14)39-76(16,34-58)36-71(106)121-56-82(87,88)124-84(91,92)83(89,90)123-81(85,86)55-120-70(105)35-75(15)33-57(31-73(11,12)38-75)27-28-69(104)119-53-79(49-115-65(100)23-7,50-116-66(101)24-8)42-109-41-78(46-112-62(97)20-4,47-113-63(98)21-5)48-114-64(99)22-6/h17-26,57-58H,1-10,27-56H2,11-16H3,(H,93,107). The highest BCUT2D eigenvalue weighted by atomic mass is 19.3. The summed E-state index contributed by atoms with van der Waals surface area (Å²) in [5.74, 6) is -14.1. The van der Waals surface area contributed by atoms with Crippen LogP contribution in [0.3, 0.4) is 0 Å². The molecule has 2 saturated carbocycles. The van der Waals surface area contributed by atoms with Crippen molar-refractivity contribution in [1.82, 2.24) is 5.32 Å². The van der Waals surface area contributed by atoms with Crippen LogP contribution in [0.25, 0.3) is 0 Å². The Morgan fingerprint density at radius 3 is 0.895 bits per heavy atom. The molecule has 40 heteroatoms. The van der Waals surface area contributed by atoms with E-state index in [1.165, 1.54) is 13.8 Å². The van der Waals surface area contributed by atoms with Crippen LogP contribution in [-0.4, -0.2) is 227 Å². The minimum absolute atomic E-state index is 0.0138. The van der Waals surface area contributed by atoms with Crippen LogP contribution in [0.1, 0.15) is 119 Å². The third kappa shape index (κ3) is 40.7. The number of amides is 1. The average Bonchev–Trinajstić information content (AvgIpc) is 0.793. The molecule has 2 aliphatic carbocycles. The Hall–Kier alpha value is -10.7. The molecule has 1 N–H and O–H groups in total. The summed E-state index contributed by atoms with van der Waals surface area (Å²) in [6, 6.07) is 0. The quantitative estimate of drug-likeness (QED) is 0.0256. The second-order valence-corrected chi connectivity index (χ2v) is 32.7. The van der Waals surface area contributed by atoms with Gasteiger partial charge in [-0.3, -0.25) is 19.2 Å². The molecule has 1 amide bonds. The number of allylic oxidation sites excluding steroid dienone is 1. The lowest BCUT2D eigenvalue weighted by Crippen LogP contribution is -2.53. The Balaban J connectivity index is 2.23. The lowest BCUT2D eigenvalue weighted by molar-refractivity contribution is -0.515. The average molecular weight is 1780 g/mol. The lowest BCUT2D eigenvalue weighted by Gasteiger charge is -2.46. The highest BCUT2D eigenvalue weighted by Crippen LogP contribution is 2.53. The predicted octanol–water partition coefficient (Wildman–Crippen LogP) is 11.0. The monoisotopic (exact) mass is 1780 g/mol. The number of esters is 12. The Kier molecular flexibility index (Phi) is 43.8. The molecule has 2 aliphatic rings. The van der Waals surface area contributed by atoms with Gasteiger partial charge in [-0.15, -0.1) is 0 Å². The zero-order valence-corrected chi connectivity index (χ0v) is 70.4. The van der Waals surface area contributed by atoms with Gasteiger partial charge in [-0.1, -0.05) is 107 Å². The second-order valence-electron chi connectivity index (χ2n) is 32.7. The molecule has 0 aromatic heterocycles. The summed E-state index contributed by atoms with van der Waals surface area (Å²) in [6.07, 6.45) is -18.4. The minimum atomic E-state index is -6.63. The number of hydrogen-bond donors (Lipinski definition) is 1. The van der Waals surface area contributed by atoms with E-state index >= 15 is 35.1 Å². The van der Waals surface area contributed by atoms with Crippen molar-refractivity contribution in [2.75, 3.05) is 119 Å². The molecule has 694 valence electrons. The van der Waals surface area contributed by atoms with Gasteiger partial charge in [-0.05, 0) is 90.9 Å². The first kappa shape index (κ1) is 109. The molecule has 0 spiro atoms. The van der Waals surface area contributed by atoms with Crippen LogP contribution < -0.4 is 5.32 Å². The first-order valence-corrected chi connectivity index (χ1v) is 38.3. The molecule has 0 aromatic rings. The third-order valence-corrected chi connectivity index (χ3v) is 19.2. The van der Waals surface area contributed by atoms with E-state index in [1.807, 2.05) is 0 Å². The SMILES string of the molecule is C=CC(=O)CCC(COCC(COC(=O)C=C)(COC(=O)C=C)COC(=O)NCC1CC(C)(C)CC(C)(CC(=O)OCC(F)(F)OC(F)(F)C(F)(F)OC(F)(F)COC(=O)CC2(C)CC(CCC(=O)OCC(COCC(COC(=O)C=C)(COC(=O)C=C)COC(=O)C=C)(COC(=O)C=C)COC(=O)C=C)CC(C)(C)C2)C1)(COC(=O)C=C)COC(=O)C=C. The zero-order chi connectivity index (χ0) is 94.2. The molecule has 0 bridgehead atoms. The molecule has 0 aliphatic heterocycles. The Labute approximate surface area is 712 Å². The highest BCUT2D eigenvalue weighted by Gasteiger charge is 2.68. The van der Waals surface area contributed by atoms with E-state index in [9.17, 15) is 67.1 Å².